The second kappa shape index (κ2) is 10.5. The molecule has 35 heavy (non-hydrogen) atoms. The summed E-state index contributed by atoms with van der Waals surface area (Å²) >= 11 is 0. The molecule has 0 aromatic rings. The highest BCUT2D eigenvalue weighted by Gasteiger charge is 2.61. The molecule has 0 spiro atoms. The van der Waals surface area contributed by atoms with Gasteiger partial charge in [-0.25, -0.2) is 29.8 Å². The third-order valence-corrected chi connectivity index (χ3v) is 8.15. The van der Waals surface area contributed by atoms with Crippen LogP contribution in [-0.4, -0.2) is 109 Å². The number of urea groups is 2. The molecule has 4 N–H and O–H groups in total. The number of hydroxylamine groups is 6. The predicted molar refractivity (Wildman–Crippen MR) is 120 cm³/mol. The van der Waals surface area contributed by atoms with E-state index in [9.17, 15) is 30.2 Å². The molecule has 0 aromatic heterocycles. The molecule has 0 aromatic carbocycles. The lowest BCUT2D eigenvalue weighted by Gasteiger charge is -2.33. The molecule has 12 nitrogen and oxygen atoms in total. The van der Waals surface area contributed by atoms with Crippen molar-refractivity contribution < 1.29 is 49.0 Å². The Labute approximate surface area is 206 Å². The van der Waals surface area contributed by atoms with Gasteiger partial charge in [0.25, 0.3) is 0 Å². The Bertz CT molecular complexity index is 715. The van der Waals surface area contributed by atoms with Crippen molar-refractivity contribution >= 4 is 12.1 Å². The van der Waals surface area contributed by atoms with E-state index in [1.54, 1.807) is 13.8 Å². The number of ether oxygens (including phenoxy) is 2. The minimum Gasteiger partial charge on any atom is -0.368 e. The average Bonchev–Trinajstić information content (AvgIpc) is 3.19. The lowest BCUT2D eigenvalue weighted by Crippen LogP contribution is -2.58. The maximum atomic E-state index is 13.2. The molecule has 0 bridgehead atoms. The maximum Gasteiger partial charge on any atom is 0.457 e. The molecule has 6 atom stereocenters. The zero-order chi connectivity index (χ0) is 25.4. The zero-order valence-electron chi connectivity index (χ0n) is 20.9. The molecule has 4 rings (SSSR count). The number of quaternary nitrogens is 2. The Hall–Kier alpha value is -1.38. The van der Waals surface area contributed by atoms with Gasteiger partial charge in [-0.15, -0.1) is 0 Å². The molecule has 2 aliphatic carbocycles. The van der Waals surface area contributed by atoms with E-state index in [2.05, 4.69) is 0 Å². The Kier molecular flexibility index (Phi) is 8.04. The fraction of sp³-hybridized carbons (Fsp3) is 0.913. The second-order valence-corrected chi connectivity index (χ2v) is 10.6. The standard InChI is InChI=1S/C23H42N4O8/c1-16(34-18-9-5-3-6-10-18)26(32)13-20(28)24(22(26)30)15-25-21(29)14-27(33,23(25)31)17(2)35-19-11-7-4-8-12-19/h16-21,28-29,32-33H,3-15H2,1-2H3/q+2. The van der Waals surface area contributed by atoms with Crippen LogP contribution < -0.4 is 0 Å². The van der Waals surface area contributed by atoms with E-state index < -0.39 is 52.9 Å². The number of amides is 4. The first-order chi connectivity index (χ1) is 16.6. The summed E-state index contributed by atoms with van der Waals surface area (Å²) in [6, 6.07) is -1.65. The Balaban J connectivity index is 1.40. The Morgan fingerprint density at radius 1 is 0.743 bits per heavy atom. The molecule has 4 amide bonds. The van der Waals surface area contributed by atoms with E-state index in [-0.39, 0.29) is 25.3 Å². The maximum absolute atomic E-state index is 13.2. The summed E-state index contributed by atoms with van der Waals surface area (Å²) in [5.74, 6) is 0. The third-order valence-electron chi connectivity index (χ3n) is 8.15. The van der Waals surface area contributed by atoms with Crippen molar-refractivity contribution in [3.8, 4) is 0 Å². The smallest absolute Gasteiger partial charge is 0.368 e. The van der Waals surface area contributed by atoms with Gasteiger partial charge in [0.1, 0.15) is 6.67 Å². The molecular weight excluding hydrogens is 460 g/mol. The Morgan fingerprint density at radius 2 is 1.09 bits per heavy atom. The SMILES string of the molecule is CC(OC1CCCCC1)[N+]1(O)CC(O)N(CN2C(=O)[N+](O)(C(C)OC3CCCCC3)CC2O)C1=O. The highest BCUT2D eigenvalue weighted by Crippen LogP contribution is 2.32. The normalized spacial score (nSPS) is 37.3. The molecule has 4 aliphatic rings. The van der Waals surface area contributed by atoms with Crippen LogP contribution >= 0.6 is 0 Å². The average molecular weight is 503 g/mol. The number of hydrogen-bond donors (Lipinski definition) is 4. The van der Waals surface area contributed by atoms with Crippen molar-refractivity contribution in [1.29, 1.82) is 0 Å². The molecular formula is C23H42N4O8+2. The quantitative estimate of drug-likeness (QED) is 0.293. The van der Waals surface area contributed by atoms with E-state index in [1.807, 2.05) is 0 Å². The van der Waals surface area contributed by atoms with Gasteiger partial charge in [0.15, 0.2) is 25.5 Å². The highest BCUT2D eigenvalue weighted by molar-refractivity contribution is 5.72. The van der Waals surface area contributed by atoms with Crippen LogP contribution in [0.3, 0.4) is 0 Å². The summed E-state index contributed by atoms with van der Waals surface area (Å²) in [7, 11) is 0. The first-order valence-corrected chi connectivity index (χ1v) is 13.1. The van der Waals surface area contributed by atoms with Gasteiger partial charge in [0.2, 0.25) is 12.5 Å². The summed E-state index contributed by atoms with van der Waals surface area (Å²) in [6.45, 7) is 2.06. The van der Waals surface area contributed by atoms with Crippen LogP contribution in [-0.2, 0) is 9.47 Å². The minimum atomic E-state index is -1.39. The topological polar surface area (TPSA) is 140 Å². The van der Waals surface area contributed by atoms with Gasteiger partial charge in [0.05, 0.1) is 12.2 Å². The van der Waals surface area contributed by atoms with Crippen molar-refractivity contribution in [3.05, 3.63) is 0 Å². The molecule has 2 aliphatic heterocycles. The van der Waals surface area contributed by atoms with Gasteiger partial charge in [-0.3, -0.25) is 0 Å². The van der Waals surface area contributed by atoms with E-state index in [1.165, 1.54) is 0 Å². The molecule has 2 saturated heterocycles. The number of carbonyl (C=O) groups is 2. The third kappa shape index (κ3) is 5.21. The van der Waals surface area contributed by atoms with E-state index in [0.717, 1.165) is 74.0 Å². The molecule has 200 valence electrons. The van der Waals surface area contributed by atoms with Crippen LogP contribution in [0.2, 0.25) is 0 Å². The molecule has 6 unspecified atom stereocenters. The van der Waals surface area contributed by atoms with Crippen molar-refractivity contribution in [1.82, 2.24) is 9.80 Å². The van der Waals surface area contributed by atoms with Gasteiger partial charge in [-0.1, -0.05) is 47.8 Å². The van der Waals surface area contributed by atoms with Crippen molar-refractivity contribution in [2.24, 2.45) is 0 Å². The number of aliphatic hydroxyl groups excluding tert-OH is 2. The van der Waals surface area contributed by atoms with E-state index >= 15 is 0 Å². The van der Waals surface area contributed by atoms with Gasteiger partial charge in [0, 0.05) is 13.8 Å². The van der Waals surface area contributed by atoms with Gasteiger partial charge in [-0.05, 0) is 25.7 Å². The summed E-state index contributed by atoms with van der Waals surface area (Å²) in [5.41, 5.74) is 0. The van der Waals surface area contributed by atoms with Crippen LogP contribution in [0.5, 0.6) is 0 Å². The van der Waals surface area contributed by atoms with E-state index in [4.69, 9.17) is 9.47 Å². The zero-order valence-corrected chi connectivity index (χ0v) is 20.9. The first kappa shape index (κ1) is 26.7. The molecule has 12 heteroatoms. The lowest BCUT2D eigenvalue weighted by atomic mass is 9.98. The largest absolute Gasteiger partial charge is 0.457 e. The van der Waals surface area contributed by atoms with Crippen molar-refractivity contribution in [2.75, 3.05) is 19.8 Å². The predicted octanol–water partition coefficient (Wildman–Crippen LogP) is 2.25. The molecule has 2 heterocycles. The van der Waals surface area contributed by atoms with Gasteiger partial charge in [-0.2, -0.15) is 0 Å². The fourth-order valence-corrected chi connectivity index (χ4v) is 5.79. The number of carbonyl (C=O) groups excluding carboxylic acids is 2. The van der Waals surface area contributed by atoms with Crippen LogP contribution in [0.25, 0.3) is 0 Å². The number of hydrogen-bond acceptors (Lipinski definition) is 8. The highest BCUT2D eigenvalue weighted by atomic mass is 16.7. The summed E-state index contributed by atoms with van der Waals surface area (Å²) in [6.07, 6.45) is 5.15. The minimum absolute atomic E-state index is 0.0557. The van der Waals surface area contributed by atoms with Crippen molar-refractivity contribution in [2.45, 2.75) is 115 Å². The number of rotatable bonds is 8. The second-order valence-electron chi connectivity index (χ2n) is 10.6. The van der Waals surface area contributed by atoms with Crippen LogP contribution in [0.15, 0.2) is 0 Å². The van der Waals surface area contributed by atoms with E-state index in [0.29, 0.717) is 0 Å². The van der Waals surface area contributed by atoms with Gasteiger partial charge < -0.3 is 19.7 Å². The number of aliphatic hydroxyl groups is 2. The molecule has 2 saturated carbocycles. The van der Waals surface area contributed by atoms with Crippen molar-refractivity contribution in [3.63, 3.8) is 0 Å². The monoisotopic (exact) mass is 502 g/mol. The van der Waals surface area contributed by atoms with Crippen LogP contribution in [0.1, 0.15) is 78.1 Å². The van der Waals surface area contributed by atoms with Gasteiger partial charge >= 0.3 is 12.1 Å². The fourth-order valence-electron chi connectivity index (χ4n) is 5.79. The van der Waals surface area contributed by atoms with Crippen LogP contribution in [0.4, 0.5) is 9.59 Å². The first-order valence-electron chi connectivity index (χ1n) is 13.1. The molecule has 0 radical (unpaired) electrons. The summed E-state index contributed by atoms with van der Waals surface area (Å²) in [4.78, 5) is 28.2. The summed E-state index contributed by atoms with van der Waals surface area (Å²) < 4.78 is 9.65. The van der Waals surface area contributed by atoms with Crippen LogP contribution in [0, 0.1) is 0 Å². The molecule has 4 fully saturated rings. The number of nitrogens with zero attached hydrogens (tertiary/aromatic N) is 4. The summed E-state index contributed by atoms with van der Waals surface area (Å²) in [5, 5.41) is 43.4. The lowest BCUT2D eigenvalue weighted by molar-refractivity contribution is -1.07. The Morgan fingerprint density at radius 3 is 1.43 bits per heavy atom.